The number of rotatable bonds is 98. The van der Waals surface area contributed by atoms with E-state index < -0.39 is 0 Å². The zero-order chi connectivity index (χ0) is 72.0. The first-order valence-electron chi connectivity index (χ1n) is 38.5. The molecule has 0 aromatic heterocycles. The summed E-state index contributed by atoms with van der Waals surface area (Å²) in [7, 11) is 1.70. The third kappa shape index (κ3) is 98.7. The molecule has 0 spiro atoms. The fourth-order valence-electron chi connectivity index (χ4n) is 8.44. The van der Waals surface area contributed by atoms with E-state index in [-0.39, 0.29) is 0 Å². The lowest BCUT2D eigenvalue weighted by Gasteiger charge is -2.09. The van der Waals surface area contributed by atoms with Crippen LogP contribution in [0.3, 0.4) is 0 Å². The van der Waals surface area contributed by atoms with Gasteiger partial charge in [0.2, 0.25) is 0 Å². The zero-order valence-electron chi connectivity index (χ0n) is 63.5. The van der Waals surface area contributed by atoms with Gasteiger partial charge in [0.25, 0.3) is 0 Å². The Balaban J connectivity index is 3.09. The largest absolute Gasteiger partial charge is 0.385 e. The normalized spacial score (nSPS) is 11.8. The van der Waals surface area contributed by atoms with Crippen LogP contribution in [0.4, 0.5) is 0 Å². The Hall–Kier alpha value is -1.34. The molecule has 0 rings (SSSR count). The molecule has 0 atom stereocenters. The highest BCUT2D eigenvalue weighted by molar-refractivity contribution is 4.63. The first kappa shape index (κ1) is 99.7. The SMILES string of the molecule is C=CCOCCOCCOCCOCCOCCOCCOCCOCCOCCCOCCCOCCCOCCCOCCCOCCCOCCCOCCCOCCCOCCCOCCCOCCCOCCCOCCCOCCCOCCCOCCCOCCCOC. The van der Waals surface area contributed by atoms with Gasteiger partial charge in [0.15, 0.2) is 0 Å². The second kappa shape index (κ2) is 98.7. The smallest absolute Gasteiger partial charge is 0.0704 e. The number of methoxy groups -OCH3 is 1. The topological polar surface area (TPSA) is 249 Å². The molecular formula is C74H148O27. The zero-order valence-corrected chi connectivity index (χ0v) is 63.5. The predicted molar refractivity (Wildman–Crippen MR) is 386 cm³/mol. The first-order chi connectivity index (χ1) is 50.4. The summed E-state index contributed by atoms with van der Waals surface area (Å²) in [6, 6.07) is 0. The van der Waals surface area contributed by atoms with Gasteiger partial charge in [-0.1, -0.05) is 6.08 Å². The molecule has 27 heteroatoms. The van der Waals surface area contributed by atoms with Gasteiger partial charge in [-0.3, -0.25) is 0 Å². The Bertz CT molecular complexity index is 1430. The standard InChI is InChI=1S/C74H148O27/c1-3-22-76-59-61-95-63-65-97-67-69-99-71-73-101-74-72-100-70-68-98-66-64-96-62-60-94-58-21-57-93-56-20-55-92-54-19-53-91-52-18-51-90-50-17-49-89-48-16-47-88-46-15-45-87-44-14-43-86-42-13-41-85-40-12-39-84-38-11-37-83-36-10-35-82-34-9-33-81-32-8-31-80-30-7-29-79-28-6-27-78-26-5-25-77-24-4-23-75-2/h3H,1,4-74H2,2H3. The second-order valence-corrected chi connectivity index (χ2v) is 23.0. The molecule has 606 valence electrons. The minimum absolute atomic E-state index is 0.508. The van der Waals surface area contributed by atoms with E-state index in [2.05, 4.69) is 6.58 Å². The van der Waals surface area contributed by atoms with E-state index in [4.69, 9.17) is 128 Å². The van der Waals surface area contributed by atoms with E-state index in [0.717, 1.165) is 149 Å². The lowest BCUT2D eigenvalue weighted by molar-refractivity contribution is -0.0249. The Labute approximate surface area is 611 Å². The molecule has 0 aliphatic rings. The molecule has 0 saturated heterocycles. The maximum Gasteiger partial charge on any atom is 0.0704 e. The second-order valence-electron chi connectivity index (χ2n) is 23.0. The Morgan fingerprint density at radius 3 is 0.327 bits per heavy atom. The summed E-state index contributed by atoms with van der Waals surface area (Å²) in [5.74, 6) is 0. The molecule has 0 aliphatic heterocycles. The molecule has 101 heavy (non-hydrogen) atoms. The molecule has 0 unspecified atom stereocenters. The summed E-state index contributed by atoms with van der Waals surface area (Å²) in [6.07, 6.45) is 17.7. The van der Waals surface area contributed by atoms with Gasteiger partial charge in [0.05, 0.1) is 112 Å². The highest BCUT2D eigenvalue weighted by Gasteiger charge is 2.03. The molecule has 0 aromatic carbocycles. The van der Waals surface area contributed by atoms with Gasteiger partial charge >= 0.3 is 0 Å². The monoisotopic (exact) mass is 1470 g/mol. The van der Waals surface area contributed by atoms with Crippen molar-refractivity contribution in [1.82, 2.24) is 0 Å². The lowest BCUT2D eigenvalue weighted by atomic mass is 10.4. The van der Waals surface area contributed by atoms with Crippen LogP contribution in [-0.4, -0.2) is 357 Å². The van der Waals surface area contributed by atoms with E-state index in [1.165, 1.54) is 0 Å². The molecule has 0 radical (unpaired) electrons. The van der Waals surface area contributed by atoms with Gasteiger partial charge in [-0.15, -0.1) is 6.58 Å². The van der Waals surface area contributed by atoms with Crippen molar-refractivity contribution in [3.8, 4) is 0 Å². The minimum Gasteiger partial charge on any atom is -0.385 e. The maximum absolute atomic E-state index is 5.72. The predicted octanol–water partition coefficient (Wildman–Crippen LogP) is 8.27. The Kier molecular flexibility index (Phi) is 97.4. The van der Waals surface area contributed by atoms with Crippen LogP contribution in [0.5, 0.6) is 0 Å². The molecule has 27 nitrogen and oxygen atoms in total. The molecule has 0 aromatic rings. The van der Waals surface area contributed by atoms with E-state index >= 15 is 0 Å². The molecule has 0 saturated carbocycles. The third-order valence-electron chi connectivity index (χ3n) is 13.7. The van der Waals surface area contributed by atoms with Crippen molar-refractivity contribution in [3.05, 3.63) is 12.7 Å². The van der Waals surface area contributed by atoms with E-state index in [9.17, 15) is 0 Å². The Morgan fingerprint density at radius 1 is 0.129 bits per heavy atom. The van der Waals surface area contributed by atoms with Crippen LogP contribution < -0.4 is 0 Å². The summed E-state index contributed by atoms with van der Waals surface area (Å²) in [5.41, 5.74) is 0. The summed E-state index contributed by atoms with van der Waals surface area (Å²) in [6.45, 7) is 37.7. The van der Waals surface area contributed by atoms with Gasteiger partial charge in [-0.05, 0) is 116 Å². The van der Waals surface area contributed by atoms with E-state index in [1.54, 1.807) is 13.2 Å². The van der Waals surface area contributed by atoms with Crippen molar-refractivity contribution in [3.63, 3.8) is 0 Å². The van der Waals surface area contributed by atoms with Crippen LogP contribution in [0, 0.1) is 0 Å². The van der Waals surface area contributed by atoms with Crippen LogP contribution in [0.15, 0.2) is 12.7 Å². The highest BCUT2D eigenvalue weighted by atomic mass is 16.6. The third-order valence-corrected chi connectivity index (χ3v) is 13.7. The first-order valence-corrected chi connectivity index (χ1v) is 38.5. The highest BCUT2D eigenvalue weighted by Crippen LogP contribution is 2.00. The number of hydrogen-bond acceptors (Lipinski definition) is 27. The molecule has 0 bridgehead atoms. The maximum atomic E-state index is 5.72. The summed E-state index contributed by atoms with van der Waals surface area (Å²) in [4.78, 5) is 0. The number of hydrogen-bond donors (Lipinski definition) is 0. The fraction of sp³-hybridized carbons (Fsp3) is 0.973. The quantitative estimate of drug-likeness (QED) is 0.0410. The van der Waals surface area contributed by atoms with Crippen molar-refractivity contribution >= 4 is 0 Å². The Morgan fingerprint density at radius 2 is 0.218 bits per heavy atom. The number of ether oxygens (including phenoxy) is 27. The average Bonchev–Trinajstić information content (AvgIpc) is 3.68. The molecule has 0 fully saturated rings. The van der Waals surface area contributed by atoms with Crippen LogP contribution in [0.2, 0.25) is 0 Å². The fourth-order valence-corrected chi connectivity index (χ4v) is 8.44. The van der Waals surface area contributed by atoms with Crippen molar-refractivity contribution < 1.29 is 128 Å². The van der Waals surface area contributed by atoms with Gasteiger partial charge in [0.1, 0.15) is 0 Å². The van der Waals surface area contributed by atoms with Crippen LogP contribution in [-0.2, 0) is 128 Å². The van der Waals surface area contributed by atoms with Gasteiger partial charge < -0.3 is 128 Å². The minimum atomic E-state index is 0.508. The molecule has 0 amide bonds. The molecule has 0 aliphatic carbocycles. The summed E-state index contributed by atoms with van der Waals surface area (Å²) in [5, 5.41) is 0. The van der Waals surface area contributed by atoms with Gasteiger partial charge in [-0.25, -0.2) is 0 Å². The van der Waals surface area contributed by atoms with E-state index in [0.29, 0.717) is 317 Å². The van der Waals surface area contributed by atoms with Crippen molar-refractivity contribution in [2.24, 2.45) is 0 Å². The molecule has 0 heterocycles. The summed E-state index contributed by atoms with van der Waals surface area (Å²) < 4.78 is 151. The van der Waals surface area contributed by atoms with Crippen LogP contribution in [0.25, 0.3) is 0 Å². The van der Waals surface area contributed by atoms with Gasteiger partial charge in [0, 0.05) is 245 Å². The molecule has 0 N–H and O–H groups in total. The lowest BCUT2D eigenvalue weighted by Crippen LogP contribution is -2.15. The van der Waals surface area contributed by atoms with Gasteiger partial charge in [-0.2, -0.15) is 0 Å². The van der Waals surface area contributed by atoms with Crippen LogP contribution in [0.1, 0.15) is 116 Å². The average molecular weight is 1470 g/mol. The molecular weight excluding hydrogens is 1320 g/mol. The van der Waals surface area contributed by atoms with Crippen molar-refractivity contribution in [2.45, 2.75) is 116 Å². The van der Waals surface area contributed by atoms with Crippen molar-refractivity contribution in [1.29, 1.82) is 0 Å². The van der Waals surface area contributed by atoms with E-state index in [1.807, 2.05) is 0 Å². The summed E-state index contributed by atoms with van der Waals surface area (Å²) >= 11 is 0. The van der Waals surface area contributed by atoms with Crippen molar-refractivity contribution in [2.75, 3.05) is 357 Å². The van der Waals surface area contributed by atoms with Crippen LogP contribution >= 0.6 is 0 Å².